The molecule has 0 spiro atoms. The van der Waals surface area contributed by atoms with Crippen LogP contribution in [0.25, 0.3) is 55.6 Å². The predicted molar refractivity (Wildman–Crippen MR) is 210 cm³/mol. The van der Waals surface area contributed by atoms with E-state index in [4.69, 9.17) is 4.42 Å². The number of nitrogens with zero attached hydrogens (tertiary/aromatic N) is 2. The fraction of sp³-hybridized carbons (Fsp3) is 0.244. The predicted octanol–water partition coefficient (Wildman–Crippen LogP) is 12.1. The van der Waals surface area contributed by atoms with Crippen LogP contribution >= 0.6 is 0 Å². The van der Waals surface area contributed by atoms with Crippen LogP contribution < -0.4 is 4.40 Å². The van der Waals surface area contributed by atoms with Gasteiger partial charge in [-0.3, -0.25) is 0 Å². The molecule has 1 atom stereocenters. The van der Waals surface area contributed by atoms with Crippen LogP contribution in [-0.2, 0) is 20.1 Å². The molecule has 4 aromatic carbocycles. The Morgan fingerprint density at radius 1 is 0.680 bits per heavy atom. The Kier molecular flexibility index (Phi) is 12.0. The van der Waals surface area contributed by atoms with E-state index in [9.17, 15) is 0 Å². The van der Waals surface area contributed by atoms with Crippen molar-refractivity contribution in [3.63, 3.8) is 0 Å². The Morgan fingerprint density at radius 2 is 1.44 bits per heavy atom. The Balaban J connectivity index is 0.000000211. The maximum Gasteiger partial charge on any atom is 0 e. The zero-order valence-electron chi connectivity index (χ0n) is 30.3. The molecule has 0 N–H and O–H groups in total. The number of fused-ring (bicyclic) bond motifs is 3. The third-order valence-corrected chi connectivity index (χ3v) is 13.7. The summed E-state index contributed by atoms with van der Waals surface area (Å²) in [5.74, 6) is 8.87. The first-order valence-corrected chi connectivity index (χ1v) is 24.7. The molecular formula is C45H46GeIrN2O-2. The Morgan fingerprint density at radius 3 is 2.12 bits per heavy atom. The Bertz CT molecular complexity index is 2180. The molecule has 0 aliphatic heterocycles. The first-order chi connectivity index (χ1) is 23.5. The van der Waals surface area contributed by atoms with E-state index in [1.807, 2.05) is 36.5 Å². The third-order valence-electron chi connectivity index (χ3n) is 9.46. The minimum atomic E-state index is -1.85. The molecule has 7 aromatic rings. The van der Waals surface area contributed by atoms with Crippen molar-refractivity contribution in [1.29, 1.82) is 0 Å². The van der Waals surface area contributed by atoms with Gasteiger partial charge in [0.25, 0.3) is 0 Å². The first kappa shape index (κ1) is 37.4. The van der Waals surface area contributed by atoms with E-state index in [0.717, 1.165) is 44.5 Å². The molecule has 5 heteroatoms. The molecule has 0 aliphatic rings. The van der Waals surface area contributed by atoms with E-state index < -0.39 is 13.3 Å². The van der Waals surface area contributed by atoms with Crippen molar-refractivity contribution in [1.82, 2.24) is 9.97 Å². The van der Waals surface area contributed by atoms with Crippen LogP contribution in [0.2, 0.25) is 17.3 Å². The number of furan rings is 1. The maximum absolute atomic E-state index is 6.31. The van der Waals surface area contributed by atoms with Crippen LogP contribution in [0, 0.1) is 18.1 Å². The van der Waals surface area contributed by atoms with Gasteiger partial charge in [-0.25, -0.2) is 0 Å². The van der Waals surface area contributed by atoms with Gasteiger partial charge < -0.3 is 9.40 Å². The van der Waals surface area contributed by atoms with E-state index in [-0.39, 0.29) is 20.1 Å². The average Bonchev–Trinajstić information content (AvgIpc) is 3.50. The second kappa shape index (κ2) is 16.0. The smallest absolute Gasteiger partial charge is 0 e. The minimum absolute atomic E-state index is 0. The summed E-state index contributed by atoms with van der Waals surface area (Å²) in [6.45, 7) is 11.3. The summed E-state index contributed by atoms with van der Waals surface area (Å²) in [6.07, 6.45) is 4.01. The summed E-state index contributed by atoms with van der Waals surface area (Å²) < 4.78 is 7.83. The van der Waals surface area contributed by atoms with Crippen LogP contribution in [0.3, 0.4) is 0 Å². The normalized spacial score (nSPS) is 12.1. The standard InChI is InChI=1S/C28H24NO.C17H22GeN.Ir/c1-18(2)19(3)21-14-15-29-26(17-21)24-11-7-10-23-25-16-22(20-8-5-4-6-9-20)12-13-27(25)30-28(23)24;1-13(2)15-11-17(14-9-7-6-8-10-14)19-12-16(15)18(3,4)5;/h4-10,12-19H,1-3H3;6-9,11-13H,1-5H3;/q2*-1;. The van der Waals surface area contributed by atoms with Crippen molar-refractivity contribution >= 4 is 39.6 Å². The fourth-order valence-electron chi connectivity index (χ4n) is 6.27. The summed E-state index contributed by atoms with van der Waals surface area (Å²) in [5.41, 5.74) is 10.8. The molecule has 0 fully saturated rings. The number of pyridine rings is 2. The molecule has 0 amide bonds. The van der Waals surface area contributed by atoms with Crippen molar-refractivity contribution in [3.8, 4) is 33.6 Å². The zero-order valence-corrected chi connectivity index (χ0v) is 34.8. The van der Waals surface area contributed by atoms with Gasteiger partial charge in [-0.05, 0) is 46.9 Å². The summed E-state index contributed by atoms with van der Waals surface area (Å²) >= 11 is -1.85. The van der Waals surface area contributed by atoms with E-state index >= 15 is 0 Å². The molecule has 0 aliphatic carbocycles. The van der Waals surface area contributed by atoms with Crippen LogP contribution in [0.5, 0.6) is 0 Å². The number of hydrogen-bond donors (Lipinski definition) is 0. The van der Waals surface area contributed by atoms with Crippen LogP contribution in [0.15, 0.2) is 120 Å². The summed E-state index contributed by atoms with van der Waals surface area (Å²) in [5, 5.41) is 2.22. The van der Waals surface area contributed by atoms with Gasteiger partial charge in [0.15, 0.2) is 0 Å². The third kappa shape index (κ3) is 8.20. The number of rotatable bonds is 7. The molecule has 1 unspecified atom stereocenters. The molecular weight excluding hydrogens is 849 g/mol. The van der Waals surface area contributed by atoms with Gasteiger partial charge in [0.2, 0.25) is 0 Å². The zero-order chi connectivity index (χ0) is 34.7. The van der Waals surface area contributed by atoms with Crippen molar-refractivity contribution in [2.45, 2.75) is 63.7 Å². The SMILES string of the molecule is CC(C)C(C)c1ccnc(-c2[c-]ccc3c2oc2ccc(-c4ccccc4)cc23)c1.CC(C)c1cc(-c2[c-]cccc2)nc[c]1[Ge]([CH3])([CH3])[CH3].[Ir]. The first-order valence-electron chi connectivity index (χ1n) is 17.4. The van der Waals surface area contributed by atoms with Gasteiger partial charge in [-0.15, -0.1) is 18.2 Å². The molecule has 3 aromatic heterocycles. The van der Waals surface area contributed by atoms with Crippen LogP contribution in [0.1, 0.15) is 57.6 Å². The van der Waals surface area contributed by atoms with Crippen molar-refractivity contribution in [3.05, 3.63) is 139 Å². The maximum atomic E-state index is 6.31. The molecule has 7 rings (SSSR count). The van der Waals surface area contributed by atoms with Gasteiger partial charge in [-0.2, -0.15) is 0 Å². The second-order valence-corrected chi connectivity index (χ2v) is 25.2. The van der Waals surface area contributed by atoms with Crippen molar-refractivity contribution in [2.75, 3.05) is 0 Å². The topological polar surface area (TPSA) is 38.9 Å². The monoisotopic (exact) mass is 897 g/mol. The number of benzene rings is 4. The molecule has 0 saturated carbocycles. The molecule has 257 valence electrons. The minimum Gasteiger partial charge on any atom is 0 e. The van der Waals surface area contributed by atoms with E-state index in [1.54, 1.807) is 0 Å². The molecule has 3 heterocycles. The van der Waals surface area contributed by atoms with Crippen molar-refractivity contribution < 1.29 is 24.5 Å². The quantitative estimate of drug-likeness (QED) is 0.118. The van der Waals surface area contributed by atoms with Gasteiger partial charge in [0, 0.05) is 31.7 Å². The molecule has 3 nitrogen and oxygen atoms in total. The fourth-order valence-corrected chi connectivity index (χ4v) is 9.79. The van der Waals surface area contributed by atoms with Gasteiger partial charge in [0.1, 0.15) is 5.58 Å². The summed E-state index contributed by atoms with van der Waals surface area (Å²) in [7, 11) is 0. The van der Waals surface area contributed by atoms with E-state index in [1.165, 1.54) is 26.6 Å². The number of hydrogen-bond acceptors (Lipinski definition) is 3. The Labute approximate surface area is 314 Å². The van der Waals surface area contributed by atoms with Gasteiger partial charge in [-0.1, -0.05) is 79.7 Å². The summed E-state index contributed by atoms with van der Waals surface area (Å²) in [4.78, 5) is 9.32. The molecule has 0 saturated heterocycles. The molecule has 0 bridgehead atoms. The molecule has 1 radical (unpaired) electrons. The van der Waals surface area contributed by atoms with E-state index in [0.29, 0.717) is 17.8 Å². The van der Waals surface area contributed by atoms with Crippen LogP contribution in [0.4, 0.5) is 0 Å². The van der Waals surface area contributed by atoms with E-state index in [2.05, 4.69) is 153 Å². The van der Waals surface area contributed by atoms with Gasteiger partial charge in [0.05, 0.1) is 5.58 Å². The van der Waals surface area contributed by atoms with Gasteiger partial charge >= 0.3 is 119 Å². The Hall–Kier alpha value is -3.83. The number of aromatic nitrogens is 2. The van der Waals surface area contributed by atoms with Crippen LogP contribution in [-0.4, -0.2) is 23.2 Å². The largest absolute Gasteiger partial charge is 0 e. The average molecular weight is 896 g/mol. The second-order valence-electron chi connectivity index (χ2n) is 14.6. The van der Waals surface area contributed by atoms with Crippen molar-refractivity contribution in [2.24, 2.45) is 5.92 Å². The molecule has 50 heavy (non-hydrogen) atoms. The summed E-state index contributed by atoms with van der Waals surface area (Å²) in [6, 6.07) is 42.1.